The summed E-state index contributed by atoms with van der Waals surface area (Å²) >= 11 is 1.55. The first-order valence-electron chi connectivity index (χ1n) is 6.04. The van der Waals surface area contributed by atoms with Crippen LogP contribution in [0.1, 0.15) is 22.8 Å². The monoisotopic (exact) mass is 296 g/mol. The van der Waals surface area contributed by atoms with E-state index in [9.17, 15) is 13.6 Å². The fourth-order valence-corrected chi connectivity index (χ4v) is 2.57. The van der Waals surface area contributed by atoms with Crippen LogP contribution in [0.25, 0.3) is 0 Å². The topological polar surface area (TPSA) is 55.1 Å². The lowest BCUT2D eigenvalue weighted by Gasteiger charge is -2.14. The molecular formula is C14H14F2N2OS. The van der Waals surface area contributed by atoms with E-state index < -0.39 is 23.1 Å². The van der Waals surface area contributed by atoms with Crippen molar-refractivity contribution in [3.8, 4) is 0 Å². The Hall–Kier alpha value is -1.95. The van der Waals surface area contributed by atoms with Crippen molar-refractivity contribution in [2.75, 3.05) is 5.73 Å². The Morgan fingerprint density at radius 3 is 2.80 bits per heavy atom. The summed E-state index contributed by atoms with van der Waals surface area (Å²) in [7, 11) is 0. The van der Waals surface area contributed by atoms with E-state index in [1.807, 2.05) is 16.8 Å². The molecule has 3 N–H and O–H groups in total. The average Bonchev–Trinajstić information content (AvgIpc) is 2.87. The van der Waals surface area contributed by atoms with E-state index in [0.29, 0.717) is 6.42 Å². The van der Waals surface area contributed by atoms with E-state index in [4.69, 9.17) is 5.73 Å². The molecule has 2 aromatic rings. The standard InChI is InChI=1S/C14H14F2N2OS/c1-8(6-9-4-5-20-7-9)18-14(19)12-10(15)2-3-11(17)13(12)16/h2-5,7-8H,6,17H2,1H3,(H,18,19). The summed E-state index contributed by atoms with van der Waals surface area (Å²) in [5.74, 6) is -2.74. The number of amides is 1. The van der Waals surface area contributed by atoms with Gasteiger partial charge in [0.15, 0.2) is 5.82 Å². The number of thiophene rings is 1. The highest BCUT2D eigenvalue weighted by Crippen LogP contribution is 2.19. The van der Waals surface area contributed by atoms with Gasteiger partial charge in [0.05, 0.1) is 5.69 Å². The predicted molar refractivity (Wildman–Crippen MR) is 75.7 cm³/mol. The Morgan fingerprint density at radius 2 is 2.15 bits per heavy atom. The second-order valence-electron chi connectivity index (χ2n) is 4.54. The van der Waals surface area contributed by atoms with Gasteiger partial charge in [-0.3, -0.25) is 4.79 Å². The highest BCUT2D eigenvalue weighted by Gasteiger charge is 2.20. The predicted octanol–water partition coefficient (Wildman–Crippen LogP) is 2.97. The summed E-state index contributed by atoms with van der Waals surface area (Å²) in [6, 6.07) is 3.78. The van der Waals surface area contributed by atoms with Gasteiger partial charge in [0.1, 0.15) is 11.4 Å². The minimum absolute atomic E-state index is 0.239. The van der Waals surface area contributed by atoms with Crippen LogP contribution in [0.5, 0.6) is 0 Å². The van der Waals surface area contributed by atoms with Gasteiger partial charge >= 0.3 is 0 Å². The molecule has 3 nitrogen and oxygen atoms in total. The van der Waals surface area contributed by atoms with Gasteiger partial charge in [0.2, 0.25) is 0 Å². The number of nitrogens with two attached hydrogens (primary N) is 1. The molecule has 0 spiro atoms. The van der Waals surface area contributed by atoms with Crippen LogP contribution in [-0.2, 0) is 6.42 Å². The number of nitrogen functional groups attached to an aromatic ring is 1. The lowest BCUT2D eigenvalue weighted by Crippen LogP contribution is -2.35. The Kier molecular flexibility index (Phi) is 4.34. The third-order valence-electron chi connectivity index (χ3n) is 2.85. The molecule has 6 heteroatoms. The van der Waals surface area contributed by atoms with Gasteiger partial charge in [0, 0.05) is 6.04 Å². The largest absolute Gasteiger partial charge is 0.396 e. The normalized spacial score (nSPS) is 12.2. The van der Waals surface area contributed by atoms with Crippen molar-refractivity contribution >= 4 is 22.9 Å². The number of benzene rings is 1. The van der Waals surface area contributed by atoms with Crippen molar-refractivity contribution in [2.45, 2.75) is 19.4 Å². The summed E-state index contributed by atoms with van der Waals surface area (Å²) < 4.78 is 27.3. The number of anilines is 1. The van der Waals surface area contributed by atoms with Gasteiger partial charge in [-0.25, -0.2) is 8.78 Å². The fraction of sp³-hybridized carbons (Fsp3) is 0.214. The molecule has 0 bridgehead atoms. The number of carbonyl (C=O) groups excluding carboxylic acids is 1. The number of nitrogens with one attached hydrogen (secondary N) is 1. The van der Waals surface area contributed by atoms with Crippen LogP contribution in [0, 0.1) is 11.6 Å². The van der Waals surface area contributed by atoms with Crippen LogP contribution in [0.3, 0.4) is 0 Å². The minimum Gasteiger partial charge on any atom is -0.396 e. The highest BCUT2D eigenvalue weighted by atomic mass is 32.1. The Bertz CT molecular complexity index is 614. The van der Waals surface area contributed by atoms with Crippen LogP contribution < -0.4 is 11.1 Å². The molecule has 0 radical (unpaired) electrons. The zero-order valence-electron chi connectivity index (χ0n) is 10.8. The molecule has 20 heavy (non-hydrogen) atoms. The molecule has 1 aromatic carbocycles. The Balaban J connectivity index is 2.10. The van der Waals surface area contributed by atoms with Gasteiger partial charge in [-0.2, -0.15) is 11.3 Å². The third-order valence-corrected chi connectivity index (χ3v) is 3.58. The molecule has 1 amide bonds. The fourth-order valence-electron chi connectivity index (χ4n) is 1.89. The van der Waals surface area contributed by atoms with Crippen molar-refractivity contribution < 1.29 is 13.6 Å². The Labute approximate surface area is 119 Å². The van der Waals surface area contributed by atoms with Crippen molar-refractivity contribution in [3.05, 3.63) is 51.7 Å². The number of hydrogen-bond acceptors (Lipinski definition) is 3. The van der Waals surface area contributed by atoms with Crippen molar-refractivity contribution in [1.82, 2.24) is 5.32 Å². The lowest BCUT2D eigenvalue weighted by atomic mass is 10.1. The van der Waals surface area contributed by atoms with Crippen LogP contribution in [0.4, 0.5) is 14.5 Å². The number of hydrogen-bond donors (Lipinski definition) is 2. The Morgan fingerprint density at radius 1 is 1.40 bits per heavy atom. The third kappa shape index (κ3) is 3.14. The van der Waals surface area contributed by atoms with E-state index in [1.54, 1.807) is 18.3 Å². The molecule has 1 heterocycles. The highest BCUT2D eigenvalue weighted by molar-refractivity contribution is 7.07. The molecule has 0 aliphatic heterocycles. The first-order valence-corrected chi connectivity index (χ1v) is 6.98. The van der Waals surface area contributed by atoms with Gasteiger partial charge in [0.25, 0.3) is 5.91 Å². The molecule has 0 aliphatic carbocycles. The number of carbonyl (C=O) groups is 1. The summed E-state index contributed by atoms with van der Waals surface area (Å²) in [6.07, 6.45) is 0.598. The summed E-state index contributed by atoms with van der Waals surface area (Å²) in [4.78, 5) is 11.9. The van der Waals surface area contributed by atoms with Crippen LogP contribution in [-0.4, -0.2) is 11.9 Å². The van der Waals surface area contributed by atoms with E-state index in [-0.39, 0.29) is 11.7 Å². The quantitative estimate of drug-likeness (QED) is 0.852. The van der Waals surface area contributed by atoms with Crippen molar-refractivity contribution in [1.29, 1.82) is 0 Å². The van der Waals surface area contributed by atoms with Gasteiger partial charge in [-0.15, -0.1) is 0 Å². The minimum atomic E-state index is -1.02. The molecule has 1 unspecified atom stereocenters. The average molecular weight is 296 g/mol. The van der Waals surface area contributed by atoms with Crippen LogP contribution in [0.2, 0.25) is 0 Å². The first-order chi connectivity index (χ1) is 9.49. The zero-order chi connectivity index (χ0) is 14.7. The molecule has 0 aliphatic rings. The summed E-state index contributed by atoms with van der Waals surface area (Å²) in [6.45, 7) is 1.78. The smallest absolute Gasteiger partial charge is 0.257 e. The lowest BCUT2D eigenvalue weighted by molar-refractivity contribution is 0.0931. The molecule has 0 saturated carbocycles. The van der Waals surface area contributed by atoms with Gasteiger partial charge in [-0.05, 0) is 47.9 Å². The number of rotatable bonds is 4. The van der Waals surface area contributed by atoms with E-state index >= 15 is 0 Å². The van der Waals surface area contributed by atoms with E-state index in [0.717, 1.165) is 17.7 Å². The molecule has 1 atom stereocenters. The van der Waals surface area contributed by atoms with E-state index in [2.05, 4.69) is 5.32 Å². The van der Waals surface area contributed by atoms with Crippen molar-refractivity contribution in [3.63, 3.8) is 0 Å². The molecule has 0 fully saturated rings. The second kappa shape index (κ2) is 6.00. The second-order valence-corrected chi connectivity index (χ2v) is 5.32. The maximum atomic E-state index is 13.7. The molecule has 0 saturated heterocycles. The first kappa shape index (κ1) is 14.5. The van der Waals surface area contributed by atoms with Crippen molar-refractivity contribution in [2.24, 2.45) is 0 Å². The maximum Gasteiger partial charge on any atom is 0.257 e. The SMILES string of the molecule is CC(Cc1ccsc1)NC(=O)c1c(F)ccc(N)c1F. The zero-order valence-corrected chi connectivity index (χ0v) is 11.6. The molecule has 2 rings (SSSR count). The van der Waals surface area contributed by atoms with Crippen LogP contribution >= 0.6 is 11.3 Å². The van der Waals surface area contributed by atoms with Gasteiger partial charge in [-0.1, -0.05) is 0 Å². The molecular weight excluding hydrogens is 282 g/mol. The number of halogens is 2. The molecule has 106 valence electrons. The molecule has 1 aromatic heterocycles. The van der Waals surface area contributed by atoms with Crippen LogP contribution in [0.15, 0.2) is 29.0 Å². The van der Waals surface area contributed by atoms with E-state index in [1.165, 1.54) is 0 Å². The summed E-state index contributed by atoms with van der Waals surface area (Å²) in [5.41, 5.74) is 5.53. The summed E-state index contributed by atoms with van der Waals surface area (Å²) in [5, 5.41) is 6.47. The van der Waals surface area contributed by atoms with Gasteiger partial charge < -0.3 is 11.1 Å². The maximum absolute atomic E-state index is 13.7.